The minimum atomic E-state index is -1.06. The summed E-state index contributed by atoms with van der Waals surface area (Å²) in [6.07, 6.45) is 4.40. The molecule has 110 valence electrons. The third-order valence-electron chi connectivity index (χ3n) is 2.74. The van der Waals surface area contributed by atoms with Gasteiger partial charge in [0.15, 0.2) is 0 Å². The summed E-state index contributed by atoms with van der Waals surface area (Å²) >= 11 is 1.76. The van der Waals surface area contributed by atoms with E-state index < -0.39 is 5.97 Å². The smallest absolute Gasteiger partial charge is 0.354 e. The Morgan fingerprint density at radius 3 is 2.70 bits per heavy atom. The van der Waals surface area contributed by atoms with Crippen molar-refractivity contribution < 1.29 is 14.7 Å². The summed E-state index contributed by atoms with van der Waals surface area (Å²) in [5, 5.41) is 14.7. The van der Waals surface area contributed by atoms with E-state index in [9.17, 15) is 9.59 Å². The van der Waals surface area contributed by atoms with Crippen molar-refractivity contribution in [1.82, 2.24) is 15.6 Å². The number of aromatic carboxylic acids is 1. The van der Waals surface area contributed by atoms with Crippen LogP contribution in [0.25, 0.3) is 0 Å². The number of nitrogens with one attached hydrogen (secondary N) is 2. The Morgan fingerprint density at radius 1 is 1.40 bits per heavy atom. The second kappa shape index (κ2) is 8.42. The van der Waals surface area contributed by atoms with Crippen molar-refractivity contribution in [3.8, 4) is 0 Å². The first-order valence-corrected chi connectivity index (χ1v) is 7.54. The summed E-state index contributed by atoms with van der Waals surface area (Å²) in [6.45, 7) is 3.06. The van der Waals surface area contributed by atoms with Crippen molar-refractivity contribution in [2.75, 3.05) is 12.8 Å². The number of carboxylic acids is 1. The first-order valence-electron chi connectivity index (χ1n) is 6.25. The van der Waals surface area contributed by atoms with Gasteiger partial charge in [0.25, 0.3) is 0 Å². The number of hydrogen-bond acceptors (Lipinski definition) is 4. The summed E-state index contributed by atoms with van der Waals surface area (Å²) in [4.78, 5) is 25.9. The molecule has 0 aromatic carbocycles. The Morgan fingerprint density at radius 2 is 2.15 bits per heavy atom. The van der Waals surface area contributed by atoms with E-state index in [0.717, 1.165) is 12.0 Å². The van der Waals surface area contributed by atoms with Crippen molar-refractivity contribution >= 4 is 23.8 Å². The molecular formula is C13H19N3O3S. The quantitative estimate of drug-likeness (QED) is 0.713. The van der Waals surface area contributed by atoms with Gasteiger partial charge in [-0.15, -0.1) is 0 Å². The van der Waals surface area contributed by atoms with Gasteiger partial charge in [-0.3, -0.25) is 0 Å². The number of carbonyl (C=O) groups is 2. The maximum Gasteiger partial charge on any atom is 0.354 e. The lowest BCUT2D eigenvalue weighted by Crippen LogP contribution is -2.36. The second-order valence-electron chi connectivity index (χ2n) is 4.30. The standard InChI is InChI=1S/C13H19N3O3S/c1-9(20-2)5-6-14-13(19)16-8-10-3-4-11(12(17)18)15-7-10/h3-4,7,9H,5-6,8H2,1-2H3,(H,17,18)(H2,14,16,19). The largest absolute Gasteiger partial charge is 0.477 e. The van der Waals surface area contributed by atoms with E-state index in [1.165, 1.54) is 12.3 Å². The van der Waals surface area contributed by atoms with Crippen LogP contribution in [0.15, 0.2) is 18.3 Å². The van der Waals surface area contributed by atoms with Gasteiger partial charge in [-0.05, 0) is 24.3 Å². The van der Waals surface area contributed by atoms with E-state index >= 15 is 0 Å². The summed E-state index contributed by atoms with van der Waals surface area (Å²) < 4.78 is 0. The third kappa shape index (κ3) is 5.92. The first kappa shape index (κ1) is 16.3. The molecule has 1 aromatic rings. The predicted molar refractivity (Wildman–Crippen MR) is 79.0 cm³/mol. The van der Waals surface area contributed by atoms with Gasteiger partial charge >= 0.3 is 12.0 Å². The first-order chi connectivity index (χ1) is 9.52. The highest BCUT2D eigenvalue weighted by Crippen LogP contribution is 2.07. The second-order valence-corrected chi connectivity index (χ2v) is 5.58. The number of carboxylic acid groups (broad SMARTS) is 1. The molecule has 1 heterocycles. The Labute approximate surface area is 122 Å². The molecule has 0 aliphatic heterocycles. The van der Waals surface area contributed by atoms with Crippen LogP contribution in [0, 0.1) is 0 Å². The number of urea groups is 1. The van der Waals surface area contributed by atoms with E-state index in [1.54, 1.807) is 17.8 Å². The van der Waals surface area contributed by atoms with Crippen molar-refractivity contribution in [2.45, 2.75) is 25.1 Å². The van der Waals surface area contributed by atoms with Crippen LogP contribution < -0.4 is 10.6 Å². The van der Waals surface area contributed by atoms with Crippen LogP contribution in [0.5, 0.6) is 0 Å². The van der Waals surface area contributed by atoms with Crippen molar-refractivity contribution in [2.24, 2.45) is 0 Å². The minimum Gasteiger partial charge on any atom is -0.477 e. The number of nitrogens with zero attached hydrogens (tertiary/aromatic N) is 1. The van der Waals surface area contributed by atoms with E-state index in [2.05, 4.69) is 22.5 Å². The lowest BCUT2D eigenvalue weighted by molar-refractivity contribution is 0.0690. The SMILES string of the molecule is CSC(C)CCNC(=O)NCc1ccc(C(=O)O)nc1. The fourth-order valence-corrected chi connectivity index (χ4v) is 1.76. The zero-order chi connectivity index (χ0) is 15.0. The molecule has 1 unspecified atom stereocenters. The molecule has 1 aromatic heterocycles. The number of carbonyl (C=O) groups excluding carboxylic acids is 1. The Hall–Kier alpha value is -1.76. The number of aromatic nitrogens is 1. The van der Waals surface area contributed by atoms with E-state index in [4.69, 9.17) is 5.11 Å². The molecule has 0 saturated carbocycles. The number of pyridine rings is 1. The van der Waals surface area contributed by atoms with Gasteiger partial charge in [0.1, 0.15) is 5.69 Å². The topological polar surface area (TPSA) is 91.3 Å². The van der Waals surface area contributed by atoms with Crippen LogP contribution in [-0.4, -0.2) is 40.1 Å². The van der Waals surface area contributed by atoms with E-state index in [0.29, 0.717) is 18.3 Å². The van der Waals surface area contributed by atoms with Crippen molar-refractivity contribution in [3.05, 3.63) is 29.6 Å². The van der Waals surface area contributed by atoms with Gasteiger partial charge < -0.3 is 15.7 Å². The summed E-state index contributed by atoms with van der Waals surface area (Å²) in [7, 11) is 0. The lowest BCUT2D eigenvalue weighted by atomic mass is 10.2. The van der Waals surface area contributed by atoms with Gasteiger partial charge in [0.05, 0.1) is 0 Å². The van der Waals surface area contributed by atoms with Crippen LogP contribution in [0.1, 0.15) is 29.4 Å². The maximum absolute atomic E-state index is 11.5. The van der Waals surface area contributed by atoms with Crippen molar-refractivity contribution in [3.63, 3.8) is 0 Å². The van der Waals surface area contributed by atoms with Gasteiger partial charge in [0.2, 0.25) is 0 Å². The molecule has 1 rings (SSSR count). The summed E-state index contributed by atoms with van der Waals surface area (Å²) in [5.41, 5.74) is 0.742. The Bertz CT molecular complexity index is 451. The maximum atomic E-state index is 11.5. The molecule has 2 amide bonds. The molecule has 0 saturated heterocycles. The molecule has 0 fully saturated rings. The Kier molecular flexibility index (Phi) is 6.86. The predicted octanol–water partition coefficient (Wildman–Crippen LogP) is 1.72. The molecule has 0 spiro atoms. The van der Waals surface area contributed by atoms with Crippen LogP contribution in [-0.2, 0) is 6.54 Å². The highest BCUT2D eigenvalue weighted by molar-refractivity contribution is 7.99. The molecule has 20 heavy (non-hydrogen) atoms. The fourth-order valence-electron chi connectivity index (χ4n) is 1.41. The van der Waals surface area contributed by atoms with Gasteiger partial charge in [-0.2, -0.15) is 11.8 Å². The Balaban J connectivity index is 2.28. The monoisotopic (exact) mass is 297 g/mol. The zero-order valence-corrected chi connectivity index (χ0v) is 12.4. The highest BCUT2D eigenvalue weighted by Gasteiger charge is 2.05. The molecule has 0 aliphatic carbocycles. The molecular weight excluding hydrogens is 278 g/mol. The minimum absolute atomic E-state index is 0.00995. The summed E-state index contributed by atoms with van der Waals surface area (Å²) in [6, 6.07) is 2.81. The third-order valence-corrected chi connectivity index (χ3v) is 3.78. The molecule has 3 N–H and O–H groups in total. The number of amides is 2. The number of rotatable bonds is 7. The molecule has 0 aliphatic rings. The van der Waals surface area contributed by atoms with Gasteiger partial charge in [-0.25, -0.2) is 14.6 Å². The molecule has 0 bridgehead atoms. The van der Waals surface area contributed by atoms with Crippen LogP contribution >= 0.6 is 11.8 Å². The average Bonchev–Trinajstić information content (AvgIpc) is 2.45. The van der Waals surface area contributed by atoms with E-state index in [1.807, 2.05) is 6.26 Å². The van der Waals surface area contributed by atoms with Crippen molar-refractivity contribution in [1.29, 1.82) is 0 Å². The van der Waals surface area contributed by atoms with Gasteiger partial charge in [-0.1, -0.05) is 13.0 Å². The molecule has 6 nitrogen and oxygen atoms in total. The normalized spacial score (nSPS) is 11.7. The van der Waals surface area contributed by atoms with Crippen LogP contribution in [0.4, 0.5) is 4.79 Å². The van der Waals surface area contributed by atoms with E-state index in [-0.39, 0.29) is 11.7 Å². The summed E-state index contributed by atoms with van der Waals surface area (Å²) in [5.74, 6) is -1.06. The van der Waals surface area contributed by atoms with Crippen LogP contribution in [0.3, 0.4) is 0 Å². The molecule has 7 heteroatoms. The van der Waals surface area contributed by atoms with Crippen LogP contribution in [0.2, 0.25) is 0 Å². The van der Waals surface area contributed by atoms with Gasteiger partial charge in [0, 0.05) is 24.5 Å². The number of hydrogen-bond donors (Lipinski definition) is 3. The zero-order valence-electron chi connectivity index (χ0n) is 11.5. The fraction of sp³-hybridized carbons (Fsp3) is 0.462. The lowest BCUT2D eigenvalue weighted by Gasteiger charge is -2.10. The number of thioether (sulfide) groups is 1. The average molecular weight is 297 g/mol. The highest BCUT2D eigenvalue weighted by atomic mass is 32.2. The molecule has 1 atom stereocenters. The molecule has 0 radical (unpaired) electrons.